The Kier molecular flexibility index (Phi) is 2.61. The summed E-state index contributed by atoms with van der Waals surface area (Å²) >= 11 is 0. The van der Waals surface area contributed by atoms with Crippen LogP contribution in [-0.4, -0.2) is 16.0 Å². The normalized spacial score (nSPS) is 16.5. The topological polar surface area (TPSA) is 69.4 Å². The molecule has 1 aromatic carbocycles. The molecular formula is C12H15N2O3+. The molecule has 1 aromatic rings. The first-order chi connectivity index (χ1) is 8.05. The molecule has 0 aliphatic carbocycles. The fraction of sp³-hybridized carbons (Fsp3) is 0.417. The van der Waals surface area contributed by atoms with E-state index in [9.17, 15) is 9.70 Å². The van der Waals surface area contributed by atoms with Gasteiger partial charge in [-0.3, -0.25) is 4.79 Å². The highest BCUT2D eigenvalue weighted by atomic mass is 16.6. The minimum absolute atomic E-state index is 0.0370. The van der Waals surface area contributed by atoms with Gasteiger partial charge in [-0.2, -0.15) is 0 Å². The van der Waals surface area contributed by atoms with Gasteiger partial charge in [0.25, 0.3) is 4.92 Å². The number of carbonyl (C=O) groups excluding carboxylic acids is 1. The number of rotatable bonds is 3. The third kappa shape index (κ3) is 1.50. The van der Waals surface area contributed by atoms with E-state index in [0.29, 0.717) is 12.8 Å². The Balaban J connectivity index is 2.61. The van der Waals surface area contributed by atoms with Crippen molar-refractivity contribution in [2.45, 2.75) is 32.1 Å². The molecular weight excluding hydrogens is 220 g/mol. The van der Waals surface area contributed by atoms with Crippen molar-refractivity contribution in [2.24, 2.45) is 0 Å². The maximum absolute atomic E-state index is 12.0. The summed E-state index contributed by atoms with van der Waals surface area (Å²) in [6.07, 6.45) is 1.33. The van der Waals surface area contributed by atoms with Gasteiger partial charge in [0, 0.05) is 17.8 Å². The third-order valence-corrected chi connectivity index (χ3v) is 3.63. The van der Waals surface area contributed by atoms with E-state index >= 15 is 0 Å². The molecule has 0 radical (unpaired) electrons. The minimum Gasteiger partial charge on any atom is -0.325 e. The quantitative estimate of drug-likeness (QED) is 0.791. The van der Waals surface area contributed by atoms with E-state index in [0.717, 1.165) is 11.3 Å². The van der Waals surface area contributed by atoms with Crippen molar-refractivity contribution in [3.8, 4) is 0 Å². The lowest BCUT2D eigenvalue weighted by Gasteiger charge is -2.23. The van der Waals surface area contributed by atoms with Crippen LogP contribution in [0.1, 0.15) is 32.3 Å². The minimum atomic E-state index is -0.582. The molecule has 0 aromatic heterocycles. The number of hydrogen-bond donors (Lipinski definition) is 2. The van der Waals surface area contributed by atoms with Gasteiger partial charge >= 0.3 is 5.69 Å². The van der Waals surface area contributed by atoms with Crippen molar-refractivity contribution >= 4 is 17.3 Å². The van der Waals surface area contributed by atoms with Crippen LogP contribution in [0.4, 0.5) is 11.4 Å². The van der Waals surface area contributed by atoms with Crippen molar-refractivity contribution in [3.63, 3.8) is 0 Å². The Bertz CT molecular complexity index is 493. The molecule has 2 N–H and O–H groups in total. The summed E-state index contributed by atoms with van der Waals surface area (Å²) in [6, 6.07) is 4.71. The van der Waals surface area contributed by atoms with Crippen molar-refractivity contribution in [1.82, 2.24) is 0 Å². The molecule has 2 rings (SSSR count). The number of hydrogen-bond acceptors (Lipinski definition) is 2. The van der Waals surface area contributed by atoms with Crippen molar-refractivity contribution in [3.05, 3.63) is 28.7 Å². The maximum atomic E-state index is 12.0. The van der Waals surface area contributed by atoms with Gasteiger partial charge in [-0.25, -0.2) is 5.21 Å². The molecule has 0 saturated heterocycles. The number of nitrogens with one attached hydrogen (secondary N) is 1. The van der Waals surface area contributed by atoms with Crippen LogP contribution in [-0.2, 0) is 10.2 Å². The lowest BCUT2D eigenvalue weighted by Crippen LogP contribution is -2.32. The SMILES string of the molecule is CCC1(CC)C(=O)Nc2ccc([N+](=O)O)cc21. The fourth-order valence-electron chi connectivity index (χ4n) is 2.47. The van der Waals surface area contributed by atoms with Crippen molar-refractivity contribution in [2.75, 3.05) is 5.32 Å². The van der Waals surface area contributed by atoms with Crippen molar-refractivity contribution in [1.29, 1.82) is 0 Å². The highest BCUT2D eigenvalue weighted by molar-refractivity contribution is 6.06. The van der Waals surface area contributed by atoms with Crippen LogP contribution in [0.15, 0.2) is 18.2 Å². The van der Waals surface area contributed by atoms with Gasteiger partial charge in [0.2, 0.25) is 5.91 Å². The monoisotopic (exact) mass is 235 g/mol. The first kappa shape index (κ1) is 11.6. The number of amides is 1. The first-order valence-electron chi connectivity index (χ1n) is 5.67. The zero-order valence-electron chi connectivity index (χ0n) is 9.86. The maximum Gasteiger partial charge on any atom is 0.317 e. The summed E-state index contributed by atoms with van der Waals surface area (Å²) < 4.78 is 0. The molecule has 0 spiro atoms. The van der Waals surface area contributed by atoms with E-state index in [2.05, 4.69) is 5.32 Å². The van der Waals surface area contributed by atoms with Gasteiger partial charge in [-0.1, -0.05) is 13.8 Å². The Morgan fingerprint density at radius 3 is 2.53 bits per heavy atom. The fourth-order valence-corrected chi connectivity index (χ4v) is 2.47. The Morgan fingerprint density at radius 2 is 2.00 bits per heavy atom. The van der Waals surface area contributed by atoms with Crippen molar-refractivity contribution < 1.29 is 14.9 Å². The molecule has 90 valence electrons. The molecule has 1 amide bonds. The number of nitrogens with zero attached hydrogens (tertiary/aromatic N) is 1. The molecule has 0 atom stereocenters. The van der Waals surface area contributed by atoms with E-state index in [-0.39, 0.29) is 16.5 Å². The van der Waals surface area contributed by atoms with E-state index < -0.39 is 5.41 Å². The zero-order chi connectivity index (χ0) is 12.6. The second-order valence-electron chi connectivity index (χ2n) is 4.25. The number of fused-ring (bicyclic) bond motifs is 1. The lowest BCUT2D eigenvalue weighted by atomic mass is 9.77. The molecule has 1 aliphatic rings. The summed E-state index contributed by atoms with van der Waals surface area (Å²) in [5.74, 6) is -0.0370. The molecule has 0 fully saturated rings. The average molecular weight is 235 g/mol. The van der Waals surface area contributed by atoms with Crippen LogP contribution in [0.25, 0.3) is 0 Å². The van der Waals surface area contributed by atoms with Gasteiger partial charge in [-0.05, 0) is 24.5 Å². The third-order valence-electron chi connectivity index (χ3n) is 3.63. The van der Waals surface area contributed by atoms with Crippen LogP contribution in [0.2, 0.25) is 0 Å². The average Bonchev–Trinajstić information content (AvgIpc) is 2.60. The number of carbonyl (C=O) groups is 1. The summed E-state index contributed by atoms with van der Waals surface area (Å²) in [5, 5.41) is 11.7. The van der Waals surface area contributed by atoms with Gasteiger partial charge < -0.3 is 5.32 Å². The second-order valence-corrected chi connectivity index (χ2v) is 4.25. The Hall–Kier alpha value is -1.91. The number of anilines is 1. The second kappa shape index (κ2) is 3.84. The molecule has 0 bridgehead atoms. The Morgan fingerprint density at radius 1 is 1.35 bits per heavy atom. The summed E-state index contributed by atoms with van der Waals surface area (Å²) in [7, 11) is 0. The van der Waals surface area contributed by atoms with Crippen LogP contribution < -0.4 is 5.32 Å². The van der Waals surface area contributed by atoms with Gasteiger partial charge in [0.15, 0.2) is 0 Å². The van der Waals surface area contributed by atoms with Gasteiger partial charge in [0.1, 0.15) is 0 Å². The predicted octanol–water partition coefficient (Wildman–Crippen LogP) is 2.50. The summed E-state index contributed by atoms with van der Waals surface area (Å²) in [4.78, 5) is 22.7. The van der Waals surface area contributed by atoms with Crippen LogP contribution in [0.3, 0.4) is 0 Å². The lowest BCUT2D eigenvalue weighted by molar-refractivity contribution is -0.729. The number of benzene rings is 1. The van der Waals surface area contributed by atoms with E-state index in [1.807, 2.05) is 13.8 Å². The van der Waals surface area contributed by atoms with Gasteiger partial charge in [-0.15, -0.1) is 0 Å². The highest BCUT2D eigenvalue weighted by Gasteiger charge is 2.44. The van der Waals surface area contributed by atoms with E-state index in [1.165, 1.54) is 6.07 Å². The van der Waals surface area contributed by atoms with Crippen LogP contribution >= 0.6 is 0 Å². The molecule has 17 heavy (non-hydrogen) atoms. The Labute approximate surface area is 99.0 Å². The molecule has 1 aliphatic heterocycles. The van der Waals surface area contributed by atoms with Crippen LogP contribution in [0, 0.1) is 4.91 Å². The molecule has 0 saturated carbocycles. The zero-order valence-corrected chi connectivity index (χ0v) is 9.86. The molecule has 5 heteroatoms. The largest absolute Gasteiger partial charge is 0.325 e. The molecule has 1 heterocycles. The van der Waals surface area contributed by atoms with E-state index in [1.54, 1.807) is 12.1 Å². The standard InChI is InChI=1S/C12H14N2O3/c1-3-12(4-2)9-7-8(14(16)17)5-6-10(9)13-11(12)15/h5-7H,3-4H2,1-2H3,(H-,13,15,16,17)/p+1. The highest BCUT2D eigenvalue weighted by Crippen LogP contribution is 2.43. The van der Waals surface area contributed by atoms with E-state index in [4.69, 9.17) is 5.21 Å². The van der Waals surface area contributed by atoms with Crippen LogP contribution in [0.5, 0.6) is 0 Å². The predicted molar refractivity (Wildman–Crippen MR) is 62.4 cm³/mol. The smallest absolute Gasteiger partial charge is 0.317 e. The first-order valence-corrected chi connectivity index (χ1v) is 5.67. The van der Waals surface area contributed by atoms with Gasteiger partial charge in [0.05, 0.1) is 10.3 Å². The summed E-state index contributed by atoms with van der Waals surface area (Å²) in [5.41, 5.74) is 1.08. The molecule has 5 nitrogen and oxygen atoms in total. The molecule has 0 unspecified atom stereocenters. The summed E-state index contributed by atoms with van der Waals surface area (Å²) in [6.45, 7) is 3.89.